The van der Waals surface area contributed by atoms with Crippen LogP contribution in [0, 0.1) is 11.8 Å². The van der Waals surface area contributed by atoms with Crippen LogP contribution in [0.1, 0.15) is 56.5 Å². The quantitative estimate of drug-likeness (QED) is 0.768. The number of nitrogens with zero attached hydrogens (tertiary/aromatic N) is 1. The van der Waals surface area contributed by atoms with Gasteiger partial charge in [-0.3, -0.25) is 0 Å². The first-order valence-corrected chi connectivity index (χ1v) is 7.11. The molecule has 3 rings (SSSR count). The molecule has 3 heteroatoms. The molecule has 1 aromatic heterocycles. The molecule has 0 aromatic carbocycles. The summed E-state index contributed by atoms with van der Waals surface area (Å²) in [4.78, 5) is 8.13. The van der Waals surface area contributed by atoms with E-state index in [0.29, 0.717) is 0 Å². The zero-order valence-corrected chi connectivity index (χ0v) is 10.7. The van der Waals surface area contributed by atoms with Crippen molar-refractivity contribution in [1.29, 1.82) is 0 Å². The highest BCUT2D eigenvalue weighted by Crippen LogP contribution is 2.52. The van der Waals surface area contributed by atoms with E-state index in [9.17, 15) is 0 Å². The molecule has 1 aromatic rings. The Kier molecular flexibility index (Phi) is 3.19. The number of nitrogens with one attached hydrogen (secondary N) is 2. The summed E-state index contributed by atoms with van der Waals surface area (Å²) in [5.74, 6) is 3.90. The van der Waals surface area contributed by atoms with E-state index in [1.165, 1.54) is 43.6 Å². The number of hydrogen-bond donors (Lipinski definition) is 2. The van der Waals surface area contributed by atoms with Gasteiger partial charge in [0.05, 0.1) is 0 Å². The van der Waals surface area contributed by atoms with Crippen molar-refractivity contribution in [3.8, 4) is 0 Å². The zero-order valence-electron chi connectivity index (χ0n) is 10.7. The van der Waals surface area contributed by atoms with Gasteiger partial charge in [0.25, 0.3) is 0 Å². The van der Waals surface area contributed by atoms with Crippen molar-refractivity contribution in [1.82, 2.24) is 15.3 Å². The number of H-pyrrole nitrogens is 1. The molecular formula is C14H23N3. The van der Waals surface area contributed by atoms with Crippen molar-refractivity contribution in [2.75, 3.05) is 6.54 Å². The fourth-order valence-electron chi connectivity index (χ4n) is 3.63. The van der Waals surface area contributed by atoms with Gasteiger partial charge >= 0.3 is 0 Å². The predicted molar refractivity (Wildman–Crippen MR) is 68.8 cm³/mol. The van der Waals surface area contributed by atoms with Gasteiger partial charge in [-0.05, 0) is 44.1 Å². The second-order valence-corrected chi connectivity index (χ2v) is 5.75. The largest absolute Gasteiger partial charge is 0.345 e. The maximum absolute atomic E-state index is 4.60. The van der Waals surface area contributed by atoms with Gasteiger partial charge in [-0.25, -0.2) is 4.98 Å². The van der Waals surface area contributed by atoms with Crippen molar-refractivity contribution in [3.05, 3.63) is 17.7 Å². The Hall–Kier alpha value is -0.830. The monoisotopic (exact) mass is 233 g/mol. The first-order valence-electron chi connectivity index (χ1n) is 7.11. The number of fused-ring (bicyclic) bond motifs is 2. The summed E-state index contributed by atoms with van der Waals surface area (Å²) in [6.45, 7) is 4.21. The number of rotatable bonds is 5. The SMILES string of the molecule is CCCNCc1cnc(C2CC3CCC2C3)[nH]1. The van der Waals surface area contributed by atoms with Crippen molar-refractivity contribution < 1.29 is 0 Å². The maximum Gasteiger partial charge on any atom is 0.109 e. The normalized spacial score (nSPS) is 31.2. The van der Waals surface area contributed by atoms with Gasteiger partial charge in [0.2, 0.25) is 0 Å². The smallest absolute Gasteiger partial charge is 0.109 e. The molecule has 3 unspecified atom stereocenters. The Morgan fingerprint density at radius 3 is 3.06 bits per heavy atom. The van der Waals surface area contributed by atoms with Crippen molar-refractivity contribution in [2.24, 2.45) is 11.8 Å². The molecule has 3 nitrogen and oxygen atoms in total. The Morgan fingerprint density at radius 1 is 1.41 bits per heavy atom. The van der Waals surface area contributed by atoms with E-state index in [1.807, 2.05) is 6.20 Å². The first kappa shape index (κ1) is 11.3. The minimum absolute atomic E-state index is 0.730. The Bertz CT molecular complexity index is 371. The summed E-state index contributed by atoms with van der Waals surface area (Å²) in [6.07, 6.45) is 8.93. The molecule has 94 valence electrons. The lowest BCUT2D eigenvalue weighted by Crippen LogP contribution is -2.14. The van der Waals surface area contributed by atoms with Gasteiger partial charge in [-0.1, -0.05) is 13.3 Å². The van der Waals surface area contributed by atoms with Crippen LogP contribution in [0.5, 0.6) is 0 Å². The molecule has 0 radical (unpaired) electrons. The van der Waals surface area contributed by atoms with Crippen LogP contribution in [0.3, 0.4) is 0 Å². The number of hydrogen-bond acceptors (Lipinski definition) is 2. The van der Waals surface area contributed by atoms with Gasteiger partial charge in [0.1, 0.15) is 5.82 Å². The number of aromatic amines is 1. The molecule has 2 fully saturated rings. The summed E-state index contributed by atoms with van der Waals surface area (Å²) < 4.78 is 0. The molecule has 2 aliphatic carbocycles. The fourth-order valence-corrected chi connectivity index (χ4v) is 3.63. The average Bonchev–Trinajstić information content (AvgIpc) is 3.04. The maximum atomic E-state index is 4.60. The van der Waals surface area contributed by atoms with Crippen LogP contribution in [0.2, 0.25) is 0 Å². The van der Waals surface area contributed by atoms with Gasteiger partial charge in [0, 0.05) is 24.4 Å². The van der Waals surface area contributed by atoms with Gasteiger partial charge in [-0.15, -0.1) is 0 Å². The minimum Gasteiger partial charge on any atom is -0.345 e. The molecule has 2 N–H and O–H groups in total. The molecule has 0 aliphatic heterocycles. The molecular weight excluding hydrogens is 210 g/mol. The third-order valence-corrected chi connectivity index (χ3v) is 4.48. The van der Waals surface area contributed by atoms with Crippen LogP contribution in [-0.4, -0.2) is 16.5 Å². The molecule has 0 saturated heterocycles. The van der Waals surface area contributed by atoms with Crippen LogP contribution >= 0.6 is 0 Å². The van der Waals surface area contributed by atoms with Crippen LogP contribution in [0.25, 0.3) is 0 Å². The van der Waals surface area contributed by atoms with E-state index in [4.69, 9.17) is 0 Å². The molecule has 0 amide bonds. The number of imidazole rings is 1. The first-order chi connectivity index (χ1) is 8.36. The molecule has 2 saturated carbocycles. The predicted octanol–water partition coefficient (Wildman–Crippen LogP) is 2.81. The molecule has 0 spiro atoms. The second kappa shape index (κ2) is 4.81. The van der Waals surface area contributed by atoms with Crippen LogP contribution in [0.4, 0.5) is 0 Å². The topological polar surface area (TPSA) is 40.7 Å². The average molecular weight is 233 g/mol. The standard InChI is InChI=1S/C14H23N3/c1-2-5-15-8-12-9-16-14(17-12)13-7-10-3-4-11(13)6-10/h9-11,13,15H,2-8H2,1H3,(H,16,17). The summed E-state index contributed by atoms with van der Waals surface area (Å²) >= 11 is 0. The van der Waals surface area contributed by atoms with E-state index in [0.717, 1.165) is 30.8 Å². The highest BCUT2D eigenvalue weighted by atomic mass is 15.0. The summed E-state index contributed by atoms with van der Waals surface area (Å²) in [5, 5.41) is 3.42. The molecule has 1 heterocycles. The van der Waals surface area contributed by atoms with Gasteiger partial charge < -0.3 is 10.3 Å². The lowest BCUT2D eigenvalue weighted by molar-refractivity contribution is 0.407. The van der Waals surface area contributed by atoms with Crippen molar-refractivity contribution in [2.45, 2.75) is 51.5 Å². The molecule has 2 bridgehead atoms. The summed E-state index contributed by atoms with van der Waals surface area (Å²) in [7, 11) is 0. The van der Waals surface area contributed by atoms with Crippen LogP contribution in [-0.2, 0) is 6.54 Å². The lowest BCUT2D eigenvalue weighted by Gasteiger charge is -2.19. The molecule has 3 atom stereocenters. The third-order valence-electron chi connectivity index (χ3n) is 4.48. The molecule has 2 aliphatic rings. The van der Waals surface area contributed by atoms with Gasteiger partial charge in [0.15, 0.2) is 0 Å². The van der Waals surface area contributed by atoms with Gasteiger partial charge in [-0.2, -0.15) is 0 Å². The summed E-state index contributed by atoms with van der Waals surface area (Å²) in [5.41, 5.74) is 1.25. The van der Waals surface area contributed by atoms with Crippen LogP contribution < -0.4 is 5.32 Å². The van der Waals surface area contributed by atoms with E-state index in [2.05, 4.69) is 22.2 Å². The van der Waals surface area contributed by atoms with E-state index in [-0.39, 0.29) is 0 Å². The fraction of sp³-hybridized carbons (Fsp3) is 0.786. The van der Waals surface area contributed by atoms with Crippen molar-refractivity contribution in [3.63, 3.8) is 0 Å². The van der Waals surface area contributed by atoms with E-state index < -0.39 is 0 Å². The summed E-state index contributed by atoms with van der Waals surface area (Å²) in [6, 6.07) is 0. The Morgan fingerprint density at radius 2 is 2.35 bits per heavy atom. The highest BCUT2D eigenvalue weighted by Gasteiger charge is 2.41. The van der Waals surface area contributed by atoms with Crippen LogP contribution in [0.15, 0.2) is 6.20 Å². The third kappa shape index (κ3) is 2.25. The highest BCUT2D eigenvalue weighted by molar-refractivity contribution is 5.11. The number of aromatic nitrogens is 2. The second-order valence-electron chi connectivity index (χ2n) is 5.75. The lowest BCUT2D eigenvalue weighted by atomic mass is 9.88. The zero-order chi connectivity index (χ0) is 11.7. The molecule has 17 heavy (non-hydrogen) atoms. The minimum atomic E-state index is 0.730. The Labute approximate surface area is 103 Å². The Balaban J connectivity index is 1.60. The van der Waals surface area contributed by atoms with E-state index >= 15 is 0 Å². The van der Waals surface area contributed by atoms with Crippen molar-refractivity contribution >= 4 is 0 Å². The van der Waals surface area contributed by atoms with E-state index in [1.54, 1.807) is 0 Å².